The molecule has 0 atom stereocenters. The molecule has 1 heterocycles. The maximum atomic E-state index is 13.8. The summed E-state index contributed by atoms with van der Waals surface area (Å²) in [5.41, 5.74) is -1.29. The van der Waals surface area contributed by atoms with E-state index in [1.54, 1.807) is 54.6 Å². The van der Waals surface area contributed by atoms with Crippen LogP contribution in [0.5, 0.6) is 0 Å². The molecule has 6 aromatic carbocycles. The van der Waals surface area contributed by atoms with E-state index in [1.807, 2.05) is 0 Å². The summed E-state index contributed by atoms with van der Waals surface area (Å²) in [6.45, 7) is 0. The number of hydrogen-bond acceptors (Lipinski definition) is 5. The second-order valence-corrected chi connectivity index (χ2v) is 8.68. The number of aromatic amines is 1. The van der Waals surface area contributed by atoms with Crippen molar-refractivity contribution in [3.05, 3.63) is 124 Å². The second kappa shape index (κ2) is 6.55. The zero-order chi connectivity index (χ0) is 24.0. The molecule has 0 amide bonds. The van der Waals surface area contributed by atoms with Crippen LogP contribution in [-0.2, 0) is 0 Å². The van der Waals surface area contributed by atoms with Crippen molar-refractivity contribution in [2.45, 2.75) is 0 Å². The van der Waals surface area contributed by atoms with Gasteiger partial charge in [-0.15, -0.1) is 0 Å². The highest BCUT2D eigenvalue weighted by Gasteiger charge is 2.19. The molecular weight excluding hydrogens is 442 g/mol. The Bertz CT molecular complexity index is 2380. The topological polar surface area (TPSA) is 101 Å². The number of hydrogen-bond donors (Lipinski definition) is 1. The molecular formula is C29H13NO5. The number of H-pyrrole nitrogens is 1. The fourth-order valence-electron chi connectivity index (χ4n) is 5.30. The Balaban J connectivity index is 1.77. The molecule has 0 unspecified atom stereocenters. The van der Waals surface area contributed by atoms with E-state index in [0.29, 0.717) is 16.3 Å². The number of rotatable bonds is 0. The van der Waals surface area contributed by atoms with E-state index in [9.17, 15) is 24.0 Å². The van der Waals surface area contributed by atoms with Gasteiger partial charge in [-0.1, -0.05) is 48.5 Å². The van der Waals surface area contributed by atoms with Crippen molar-refractivity contribution < 1.29 is 0 Å². The van der Waals surface area contributed by atoms with E-state index in [2.05, 4.69) is 4.98 Å². The van der Waals surface area contributed by atoms with Crippen molar-refractivity contribution in [3.8, 4) is 0 Å². The van der Waals surface area contributed by atoms with Crippen molar-refractivity contribution >= 4 is 64.9 Å². The van der Waals surface area contributed by atoms with Crippen LogP contribution in [0.1, 0.15) is 0 Å². The van der Waals surface area contributed by atoms with Crippen molar-refractivity contribution in [1.82, 2.24) is 4.98 Å². The molecule has 0 fully saturated rings. The summed E-state index contributed by atoms with van der Waals surface area (Å²) < 4.78 is 0. The van der Waals surface area contributed by atoms with Crippen molar-refractivity contribution in [3.63, 3.8) is 0 Å². The summed E-state index contributed by atoms with van der Waals surface area (Å²) in [5, 5.41) is 2.00. The van der Waals surface area contributed by atoms with Crippen LogP contribution >= 0.6 is 0 Å². The SMILES string of the molecule is O=c1c2ccccc2c(=O)c2c1ccc1c(=O)c3c(ccc4c(=O)c5ccccc5c(=O)c43)[nH]c12. The van der Waals surface area contributed by atoms with Crippen molar-refractivity contribution in [2.75, 3.05) is 0 Å². The molecule has 164 valence electrons. The van der Waals surface area contributed by atoms with Crippen molar-refractivity contribution in [2.24, 2.45) is 0 Å². The van der Waals surface area contributed by atoms with E-state index >= 15 is 0 Å². The summed E-state index contributed by atoms with van der Waals surface area (Å²) in [6.07, 6.45) is 0. The second-order valence-electron chi connectivity index (χ2n) is 8.68. The van der Waals surface area contributed by atoms with Gasteiger partial charge in [0.2, 0.25) is 0 Å². The Morgan fingerprint density at radius 3 is 1.40 bits per heavy atom. The van der Waals surface area contributed by atoms with E-state index in [4.69, 9.17) is 0 Å². The summed E-state index contributed by atoms with van der Waals surface area (Å²) in [7, 11) is 0. The van der Waals surface area contributed by atoms with Gasteiger partial charge in [-0.05, 0) is 24.3 Å². The Labute approximate surface area is 194 Å². The molecule has 0 spiro atoms. The van der Waals surface area contributed by atoms with Gasteiger partial charge in [-0.3, -0.25) is 24.0 Å². The number of benzene rings is 6. The van der Waals surface area contributed by atoms with Crippen LogP contribution < -0.4 is 27.1 Å². The molecule has 6 heteroatoms. The average molecular weight is 455 g/mol. The third-order valence-electron chi connectivity index (χ3n) is 6.92. The average Bonchev–Trinajstić information content (AvgIpc) is 2.89. The summed E-state index contributed by atoms with van der Waals surface area (Å²) in [4.78, 5) is 69.9. The number of pyridine rings is 1. The van der Waals surface area contributed by atoms with Crippen LogP contribution in [-0.4, -0.2) is 4.98 Å². The van der Waals surface area contributed by atoms with Crippen LogP contribution in [0, 0.1) is 0 Å². The molecule has 1 N–H and O–H groups in total. The first kappa shape index (κ1) is 19.5. The van der Waals surface area contributed by atoms with Gasteiger partial charge in [0.25, 0.3) is 0 Å². The molecule has 0 saturated heterocycles. The smallest absolute Gasteiger partial charge is 0.198 e. The highest BCUT2D eigenvalue weighted by molar-refractivity contribution is 6.17. The Hall–Kier alpha value is -4.97. The normalized spacial score (nSPS) is 12.0. The molecule has 1 aromatic heterocycles. The molecule has 0 radical (unpaired) electrons. The van der Waals surface area contributed by atoms with Crippen LogP contribution in [0.4, 0.5) is 0 Å². The van der Waals surface area contributed by atoms with E-state index in [1.165, 1.54) is 18.2 Å². The predicted octanol–water partition coefficient (Wildman–Crippen LogP) is 3.61. The lowest BCUT2D eigenvalue weighted by molar-refractivity contribution is 1.50. The highest BCUT2D eigenvalue weighted by Crippen LogP contribution is 2.25. The molecule has 0 bridgehead atoms. The minimum Gasteiger partial charge on any atom is -0.354 e. The Kier molecular flexibility index (Phi) is 3.65. The van der Waals surface area contributed by atoms with Gasteiger partial charge < -0.3 is 4.98 Å². The first-order valence-electron chi connectivity index (χ1n) is 11.0. The number of aromatic nitrogens is 1. The number of fused-ring (bicyclic) bond motifs is 8. The van der Waals surface area contributed by atoms with Crippen LogP contribution in [0.2, 0.25) is 0 Å². The first-order chi connectivity index (χ1) is 17.0. The largest absolute Gasteiger partial charge is 0.354 e. The fourth-order valence-corrected chi connectivity index (χ4v) is 5.30. The lowest BCUT2D eigenvalue weighted by Crippen LogP contribution is -2.17. The van der Waals surface area contributed by atoms with E-state index < -0.39 is 10.9 Å². The Morgan fingerprint density at radius 1 is 0.371 bits per heavy atom. The summed E-state index contributed by atoms with van der Waals surface area (Å²) in [6, 6.07) is 19.2. The van der Waals surface area contributed by atoms with E-state index in [-0.39, 0.29) is 64.9 Å². The van der Waals surface area contributed by atoms with Gasteiger partial charge >= 0.3 is 0 Å². The molecule has 6 nitrogen and oxygen atoms in total. The highest BCUT2D eigenvalue weighted by atomic mass is 16.1. The minimum absolute atomic E-state index is 0.0554. The summed E-state index contributed by atoms with van der Waals surface area (Å²) in [5.74, 6) is 0. The van der Waals surface area contributed by atoms with Crippen LogP contribution in [0.25, 0.3) is 64.9 Å². The zero-order valence-corrected chi connectivity index (χ0v) is 18.0. The van der Waals surface area contributed by atoms with E-state index in [0.717, 1.165) is 0 Å². The van der Waals surface area contributed by atoms with Gasteiger partial charge in [-0.25, -0.2) is 0 Å². The van der Waals surface area contributed by atoms with Gasteiger partial charge in [0.05, 0.1) is 21.8 Å². The van der Waals surface area contributed by atoms with Crippen LogP contribution in [0.15, 0.2) is 96.8 Å². The fraction of sp³-hybridized carbons (Fsp3) is 0. The maximum absolute atomic E-state index is 13.8. The maximum Gasteiger partial charge on any atom is 0.198 e. The van der Waals surface area contributed by atoms with Gasteiger partial charge in [0.1, 0.15) is 0 Å². The molecule has 35 heavy (non-hydrogen) atoms. The third-order valence-corrected chi connectivity index (χ3v) is 6.92. The summed E-state index contributed by atoms with van der Waals surface area (Å²) >= 11 is 0. The molecule has 0 aliphatic heterocycles. The first-order valence-corrected chi connectivity index (χ1v) is 11.0. The molecule has 7 aromatic rings. The minimum atomic E-state index is -0.479. The molecule has 7 rings (SSSR count). The standard InChI is InChI=1S/C29H13NO5/c31-25-13-5-1-3-7-15(13)27(33)21-17(25)11-12-20-23(21)29(35)19-10-9-18-22(24(19)30-20)28(34)16-8-4-2-6-14(16)26(18)32/h1-12H,(H,30,35). The van der Waals surface area contributed by atoms with Crippen molar-refractivity contribution in [1.29, 1.82) is 0 Å². The predicted molar refractivity (Wildman–Crippen MR) is 140 cm³/mol. The lowest BCUT2D eigenvalue weighted by atomic mass is 9.96. The Morgan fingerprint density at radius 2 is 0.800 bits per heavy atom. The van der Waals surface area contributed by atoms with Gasteiger partial charge in [0, 0.05) is 43.1 Å². The van der Waals surface area contributed by atoms with Gasteiger partial charge in [0.15, 0.2) is 27.1 Å². The molecule has 0 saturated carbocycles. The molecule has 0 aliphatic rings. The lowest BCUT2D eigenvalue weighted by Gasteiger charge is -2.09. The quantitative estimate of drug-likeness (QED) is 0.278. The van der Waals surface area contributed by atoms with Gasteiger partial charge in [-0.2, -0.15) is 0 Å². The number of nitrogens with one attached hydrogen (secondary N) is 1. The monoisotopic (exact) mass is 455 g/mol. The zero-order valence-electron chi connectivity index (χ0n) is 18.0. The third kappa shape index (κ3) is 2.35. The van der Waals surface area contributed by atoms with Crippen LogP contribution in [0.3, 0.4) is 0 Å². The molecule has 0 aliphatic carbocycles.